The zero-order valence-electron chi connectivity index (χ0n) is 10.5. The van der Waals surface area contributed by atoms with Gasteiger partial charge in [0.2, 0.25) is 10.0 Å². The molecule has 0 aliphatic carbocycles. The van der Waals surface area contributed by atoms with Crippen LogP contribution in [0.1, 0.15) is 19.8 Å². The lowest BCUT2D eigenvalue weighted by molar-refractivity contribution is -0.115. The average molecular weight is 267 g/mol. The number of ether oxygens (including phenoxy) is 3. The van der Waals surface area contributed by atoms with Gasteiger partial charge in [-0.2, -0.15) is 0 Å². The molecule has 1 saturated heterocycles. The zero-order chi connectivity index (χ0) is 12.9. The molecular weight excluding hydrogens is 246 g/mol. The van der Waals surface area contributed by atoms with Crippen molar-refractivity contribution in [3.05, 3.63) is 0 Å². The Bertz CT molecular complexity index is 309. The summed E-state index contributed by atoms with van der Waals surface area (Å²) in [6, 6.07) is -0.434. The second-order valence-electron chi connectivity index (χ2n) is 4.16. The number of sulfonamides is 1. The molecule has 1 rings (SSSR count). The van der Waals surface area contributed by atoms with Crippen molar-refractivity contribution in [1.82, 2.24) is 4.72 Å². The highest BCUT2D eigenvalue weighted by Gasteiger charge is 2.27. The molecule has 102 valence electrons. The van der Waals surface area contributed by atoms with E-state index in [2.05, 4.69) is 4.72 Å². The second kappa shape index (κ2) is 6.65. The van der Waals surface area contributed by atoms with Crippen molar-refractivity contribution in [3.8, 4) is 0 Å². The van der Waals surface area contributed by atoms with Crippen molar-refractivity contribution in [3.63, 3.8) is 0 Å². The highest BCUT2D eigenvalue weighted by atomic mass is 32.2. The Hall–Kier alpha value is -0.210. The molecule has 0 saturated carbocycles. The van der Waals surface area contributed by atoms with Gasteiger partial charge in [0.05, 0.1) is 17.9 Å². The van der Waals surface area contributed by atoms with E-state index in [9.17, 15) is 8.42 Å². The Balaban J connectivity index is 2.47. The highest BCUT2D eigenvalue weighted by Crippen LogP contribution is 2.14. The van der Waals surface area contributed by atoms with Crippen molar-refractivity contribution >= 4 is 10.0 Å². The van der Waals surface area contributed by atoms with Crippen LogP contribution in [0, 0.1) is 0 Å². The number of rotatable bonds is 7. The summed E-state index contributed by atoms with van der Waals surface area (Å²) in [5.74, 6) is -0.00249. The van der Waals surface area contributed by atoms with E-state index in [0.717, 1.165) is 12.8 Å². The molecule has 0 aromatic rings. The lowest BCUT2D eigenvalue weighted by Gasteiger charge is -2.22. The van der Waals surface area contributed by atoms with Crippen LogP contribution in [-0.2, 0) is 24.2 Å². The molecule has 0 spiro atoms. The van der Waals surface area contributed by atoms with Gasteiger partial charge in [0.25, 0.3) is 0 Å². The van der Waals surface area contributed by atoms with Gasteiger partial charge in [0, 0.05) is 20.8 Å². The predicted octanol–water partition coefficient (Wildman–Crippen LogP) is 0.0922. The van der Waals surface area contributed by atoms with Crippen LogP contribution in [-0.4, -0.2) is 53.4 Å². The molecule has 0 bridgehead atoms. The molecule has 0 aromatic carbocycles. The van der Waals surface area contributed by atoms with Crippen molar-refractivity contribution in [2.24, 2.45) is 0 Å². The summed E-state index contributed by atoms with van der Waals surface area (Å²) in [6.07, 6.45) is 0.944. The largest absolute Gasteiger partial charge is 0.377 e. The maximum Gasteiger partial charge on any atom is 0.214 e. The van der Waals surface area contributed by atoms with Crippen LogP contribution in [0.3, 0.4) is 0 Å². The first-order valence-electron chi connectivity index (χ1n) is 5.65. The maximum atomic E-state index is 11.8. The third-order valence-electron chi connectivity index (χ3n) is 2.67. The molecule has 2 unspecified atom stereocenters. The van der Waals surface area contributed by atoms with Gasteiger partial charge in [-0.15, -0.1) is 0 Å². The number of hydrogen-bond acceptors (Lipinski definition) is 5. The second-order valence-corrected chi connectivity index (χ2v) is 5.96. The number of hydrogen-bond donors (Lipinski definition) is 1. The van der Waals surface area contributed by atoms with E-state index in [0.29, 0.717) is 6.61 Å². The van der Waals surface area contributed by atoms with E-state index in [1.54, 1.807) is 6.92 Å². The van der Waals surface area contributed by atoms with Gasteiger partial charge in [-0.3, -0.25) is 0 Å². The van der Waals surface area contributed by atoms with Crippen LogP contribution in [0.2, 0.25) is 0 Å². The first-order chi connectivity index (χ1) is 7.98. The summed E-state index contributed by atoms with van der Waals surface area (Å²) >= 11 is 0. The SMILES string of the molecule is COC(OC)C(C)NS(=O)(=O)CC1CCCO1. The molecule has 0 amide bonds. The number of nitrogens with one attached hydrogen (secondary N) is 1. The molecule has 2 atom stereocenters. The van der Waals surface area contributed by atoms with Gasteiger partial charge in [0.15, 0.2) is 6.29 Å². The highest BCUT2D eigenvalue weighted by molar-refractivity contribution is 7.89. The van der Waals surface area contributed by atoms with E-state index < -0.39 is 22.4 Å². The fourth-order valence-electron chi connectivity index (χ4n) is 1.91. The summed E-state index contributed by atoms with van der Waals surface area (Å²) in [6.45, 7) is 2.35. The standard InChI is InChI=1S/C10H21NO5S/c1-8(10(14-2)15-3)11-17(12,13)7-9-5-4-6-16-9/h8-11H,4-7H2,1-3H3. The van der Waals surface area contributed by atoms with Gasteiger partial charge in [-0.1, -0.05) is 0 Å². The Labute approximate surface area is 103 Å². The van der Waals surface area contributed by atoms with Crippen LogP contribution in [0.5, 0.6) is 0 Å². The molecule has 17 heavy (non-hydrogen) atoms. The van der Waals surface area contributed by atoms with E-state index in [4.69, 9.17) is 14.2 Å². The van der Waals surface area contributed by atoms with Crippen molar-refractivity contribution in [2.45, 2.75) is 38.2 Å². The third kappa shape index (κ3) is 4.89. The third-order valence-corrected chi connectivity index (χ3v) is 4.21. The summed E-state index contributed by atoms with van der Waals surface area (Å²) in [4.78, 5) is 0. The molecule has 1 heterocycles. The van der Waals surface area contributed by atoms with E-state index in [1.807, 2.05) is 0 Å². The smallest absolute Gasteiger partial charge is 0.214 e. The lowest BCUT2D eigenvalue weighted by Crippen LogP contribution is -2.45. The normalized spacial score (nSPS) is 23.2. The van der Waals surface area contributed by atoms with Crippen molar-refractivity contribution in [1.29, 1.82) is 0 Å². The summed E-state index contributed by atoms with van der Waals surface area (Å²) < 4.78 is 41.5. The van der Waals surface area contributed by atoms with Crippen LogP contribution in [0.15, 0.2) is 0 Å². The topological polar surface area (TPSA) is 73.9 Å². The predicted molar refractivity (Wildman–Crippen MR) is 63.2 cm³/mol. The minimum absolute atomic E-state index is 0.00249. The van der Waals surface area contributed by atoms with Crippen LogP contribution in [0.4, 0.5) is 0 Å². The molecule has 0 radical (unpaired) electrons. The Morgan fingerprint density at radius 2 is 2.06 bits per heavy atom. The molecule has 6 nitrogen and oxygen atoms in total. The fraction of sp³-hybridized carbons (Fsp3) is 1.00. The molecule has 1 aliphatic rings. The Kier molecular flexibility index (Phi) is 5.81. The Morgan fingerprint density at radius 1 is 1.41 bits per heavy atom. The van der Waals surface area contributed by atoms with E-state index >= 15 is 0 Å². The molecule has 1 aliphatic heterocycles. The first kappa shape index (κ1) is 14.8. The minimum Gasteiger partial charge on any atom is -0.377 e. The molecular formula is C10H21NO5S. The van der Waals surface area contributed by atoms with Crippen LogP contribution in [0.25, 0.3) is 0 Å². The summed E-state index contributed by atoms with van der Waals surface area (Å²) in [5, 5.41) is 0. The van der Waals surface area contributed by atoms with Gasteiger partial charge < -0.3 is 14.2 Å². The molecule has 1 fully saturated rings. The first-order valence-corrected chi connectivity index (χ1v) is 7.31. The molecule has 1 N–H and O–H groups in total. The average Bonchev–Trinajstić information content (AvgIpc) is 2.70. The fourth-order valence-corrected chi connectivity index (χ4v) is 3.44. The molecule has 0 aromatic heterocycles. The monoisotopic (exact) mass is 267 g/mol. The zero-order valence-corrected chi connectivity index (χ0v) is 11.3. The van der Waals surface area contributed by atoms with Crippen LogP contribution < -0.4 is 4.72 Å². The Morgan fingerprint density at radius 3 is 2.53 bits per heavy atom. The number of methoxy groups -OCH3 is 2. The summed E-state index contributed by atoms with van der Waals surface area (Å²) in [7, 11) is -0.422. The quantitative estimate of drug-likeness (QED) is 0.662. The maximum absolute atomic E-state index is 11.8. The summed E-state index contributed by atoms with van der Waals surface area (Å²) in [5.41, 5.74) is 0. The lowest BCUT2D eigenvalue weighted by atomic mass is 10.3. The van der Waals surface area contributed by atoms with Crippen molar-refractivity contribution < 1.29 is 22.6 Å². The molecule has 7 heteroatoms. The van der Waals surface area contributed by atoms with Gasteiger partial charge in [-0.05, 0) is 19.8 Å². The van der Waals surface area contributed by atoms with Crippen molar-refractivity contribution in [2.75, 3.05) is 26.6 Å². The van der Waals surface area contributed by atoms with Gasteiger partial charge >= 0.3 is 0 Å². The van der Waals surface area contributed by atoms with Crippen LogP contribution >= 0.6 is 0 Å². The van der Waals surface area contributed by atoms with E-state index in [-0.39, 0.29) is 11.9 Å². The van der Waals surface area contributed by atoms with Gasteiger partial charge in [-0.25, -0.2) is 13.1 Å². The van der Waals surface area contributed by atoms with Gasteiger partial charge in [0.1, 0.15) is 0 Å². The van der Waals surface area contributed by atoms with E-state index in [1.165, 1.54) is 14.2 Å². The minimum atomic E-state index is -3.36.